The first-order valence-corrected chi connectivity index (χ1v) is 12.9. The lowest BCUT2D eigenvalue weighted by molar-refractivity contribution is -0.137. The Balaban J connectivity index is 3.07. The predicted octanol–water partition coefficient (Wildman–Crippen LogP) is 3.33. The quantitative estimate of drug-likeness (QED) is 0.239. The molecule has 11 heteroatoms. The molecule has 0 saturated heterocycles. The number of nitrogens with one attached hydrogen (secondary N) is 1. The van der Waals surface area contributed by atoms with Crippen molar-refractivity contribution in [2.75, 3.05) is 17.6 Å². The summed E-state index contributed by atoms with van der Waals surface area (Å²) in [5, 5.41) is 11.8. The van der Waals surface area contributed by atoms with Crippen LogP contribution in [-0.4, -0.2) is 49.3 Å². The van der Waals surface area contributed by atoms with E-state index < -0.39 is 37.4 Å². The summed E-state index contributed by atoms with van der Waals surface area (Å²) < 4.78 is 63.3. The van der Waals surface area contributed by atoms with Gasteiger partial charge in [0, 0.05) is 18.7 Å². The number of benzene rings is 1. The highest BCUT2D eigenvalue weighted by Gasteiger charge is 2.28. The maximum absolute atomic E-state index is 11.6. The van der Waals surface area contributed by atoms with Gasteiger partial charge in [-0.15, -0.1) is 0 Å². The van der Waals surface area contributed by atoms with Gasteiger partial charge in [0.25, 0.3) is 20.2 Å². The summed E-state index contributed by atoms with van der Waals surface area (Å²) in [6.07, 6.45) is 3.63. The summed E-state index contributed by atoms with van der Waals surface area (Å²) in [6, 6.07) is 4.22. The summed E-state index contributed by atoms with van der Waals surface area (Å²) in [5.41, 5.74) is 0.841. The van der Waals surface area contributed by atoms with Crippen molar-refractivity contribution in [1.82, 2.24) is 0 Å². The van der Waals surface area contributed by atoms with Gasteiger partial charge < -0.3 is 10.4 Å². The van der Waals surface area contributed by atoms with E-state index in [0.717, 1.165) is 12.8 Å². The van der Waals surface area contributed by atoms with Gasteiger partial charge in [0.2, 0.25) is 0 Å². The van der Waals surface area contributed by atoms with E-state index in [9.17, 15) is 26.2 Å². The van der Waals surface area contributed by atoms with Crippen LogP contribution in [0.15, 0.2) is 23.1 Å². The van der Waals surface area contributed by atoms with E-state index in [1.54, 1.807) is 0 Å². The molecule has 0 aliphatic heterocycles. The molecule has 0 amide bonds. The summed E-state index contributed by atoms with van der Waals surface area (Å²) >= 11 is 0. The van der Waals surface area contributed by atoms with Gasteiger partial charge in [0.15, 0.2) is 0 Å². The van der Waals surface area contributed by atoms with Gasteiger partial charge in [-0.25, -0.2) is 0 Å². The van der Waals surface area contributed by atoms with Gasteiger partial charge in [-0.1, -0.05) is 26.7 Å². The molecule has 9 nitrogen and oxygen atoms in total. The lowest BCUT2D eigenvalue weighted by Gasteiger charge is -2.32. The molecule has 0 bridgehead atoms. The van der Waals surface area contributed by atoms with Gasteiger partial charge in [0.05, 0.1) is 10.6 Å². The molecule has 0 fully saturated rings. The molecule has 0 radical (unpaired) electrons. The number of rotatable bonds is 14. The number of anilines is 1. The molecule has 0 aromatic heterocycles. The standard InChI is InChI=1S/C19H31NO8S2/c1-3-19(2,11-6-4-5-8-18(21)22)16-14-15(30(26,27)28)9-10-17(16)20-12-7-13-29(23,24)25/h9-10,14,20H,3-8,11-13H2,1-2H3,(H,21,22)(H,23,24,25)(H,26,27,28). The molecule has 0 saturated carbocycles. The van der Waals surface area contributed by atoms with E-state index in [1.807, 2.05) is 13.8 Å². The highest BCUT2D eigenvalue weighted by atomic mass is 32.2. The van der Waals surface area contributed by atoms with Gasteiger partial charge in [-0.3, -0.25) is 13.9 Å². The lowest BCUT2D eigenvalue weighted by atomic mass is 9.75. The maximum Gasteiger partial charge on any atom is 0.303 e. The number of carbonyl (C=O) groups is 1. The van der Waals surface area contributed by atoms with Crippen molar-refractivity contribution in [3.05, 3.63) is 23.8 Å². The lowest BCUT2D eigenvalue weighted by Crippen LogP contribution is -2.24. The number of aliphatic carboxylic acids is 1. The molecule has 1 aromatic carbocycles. The Labute approximate surface area is 178 Å². The minimum absolute atomic E-state index is 0.0989. The molecule has 1 unspecified atom stereocenters. The van der Waals surface area contributed by atoms with Gasteiger partial charge in [-0.05, 0) is 54.9 Å². The average molecular weight is 466 g/mol. The zero-order valence-corrected chi connectivity index (χ0v) is 18.9. The summed E-state index contributed by atoms with van der Waals surface area (Å²) in [5.74, 6) is -1.24. The Bertz CT molecular complexity index is 928. The van der Waals surface area contributed by atoms with Crippen LogP contribution < -0.4 is 5.32 Å². The predicted molar refractivity (Wildman–Crippen MR) is 114 cm³/mol. The van der Waals surface area contributed by atoms with Gasteiger partial charge >= 0.3 is 5.97 Å². The Morgan fingerprint density at radius 1 is 1.07 bits per heavy atom. The fraction of sp³-hybridized carbons (Fsp3) is 0.632. The second kappa shape index (κ2) is 11.1. The normalized spacial score (nSPS) is 14.3. The molecule has 1 aromatic rings. The van der Waals surface area contributed by atoms with Crippen LogP contribution in [0.4, 0.5) is 5.69 Å². The molecule has 172 valence electrons. The van der Waals surface area contributed by atoms with Crippen LogP contribution >= 0.6 is 0 Å². The van der Waals surface area contributed by atoms with Gasteiger partial charge in [-0.2, -0.15) is 16.8 Å². The summed E-state index contributed by atoms with van der Waals surface area (Å²) in [4.78, 5) is 10.4. The Kier molecular flexibility index (Phi) is 9.73. The molecule has 0 aliphatic carbocycles. The summed E-state index contributed by atoms with van der Waals surface area (Å²) in [7, 11) is -8.46. The SMILES string of the molecule is CCC(C)(CCCCCC(=O)O)c1cc(S(=O)(=O)O)ccc1NCCCS(=O)(=O)O. The molecule has 1 rings (SSSR count). The number of unbranched alkanes of at least 4 members (excludes halogenated alkanes) is 2. The van der Waals surface area contributed by atoms with Crippen molar-refractivity contribution < 1.29 is 35.8 Å². The highest BCUT2D eigenvalue weighted by molar-refractivity contribution is 7.86. The molecule has 1 atom stereocenters. The van der Waals surface area contributed by atoms with Gasteiger partial charge in [0.1, 0.15) is 0 Å². The van der Waals surface area contributed by atoms with Crippen LogP contribution in [0.3, 0.4) is 0 Å². The van der Waals surface area contributed by atoms with Crippen LogP contribution in [-0.2, 0) is 30.4 Å². The van der Waals surface area contributed by atoms with E-state index in [-0.39, 0.29) is 24.3 Å². The third-order valence-corrected chi connectivity index (χ3v) is 6.89. The zero-order valence-electron chi connectivity index (χ0n) is 17.3. The van der Waals surface area contributed by atoms with E-state index in [2.05, 4.69) is 5.32 Å². The first-order valence-electron chi connectivity index (χ1n) is 9.81. The topological polar surface area (TPSA) is 158 Å². The number of carboxylic acid groups (broad SMARTS) is 1. The molecule has 4 N–H and O–H groups in total. The Morgan fingerprint density at radius 2 is 1.73 bits per heavy atom. The van der Waals surface area contributed by atoms with E-state index >= 15 is 0 Å². The molecule has 0 aliphatic rings. The van der Waals surface area contributed by atoms with Crippen LogP contribution in [0.25, 0.3) is 0 Å². The number of carboxylic acids is 1. The minimum atomic E-state index is -4.40. The third kappa shape index (κ3) is 8.99. The Morgan fingerprint density at radius 3 is 2.27 bits per heavy atom. The second-order valence-corrected chi connectivity index (χ2v) is 10.6. The van der Waals surface area contributed by atoms with Crippen molar-refractivity contribution in [2.45, 2.75) is 69.1 Å². The first-order chi connectivity index (χ1) is 13.8. The summed E-state index contributed by atoms with van der Waals surface area (Å²) in [6.45, 7) is 4.17. The zero-order chi connectivity index (χ0) is 23.0. The number of hydrogen-bond donors (Lipinski definition) is 4. The van der Waals surface area contributed by atoms with E-state index in [4.69, 9.17) is 9.66 Å². The monoisotopic (exact) mass is 465 g/mol. The van der Waals surface area contributed by atoms with Crippen LogP contribution in [0.2, 0.25) is 0 Å². The highest BCUT2D eigenvalue weighted by Crippen LogP contribution is 2.39. The largest absolute Gasteiger partial charge is 0.481 e. The maximum atomic E-state index is 11.6. The van der Waals surface area contributed by atoms with Crippen molar-refractivity contribution in [2.24, 2.45) is 0 Å². The van der Waals surface area contributed by atoms with Crippen molar-refractivity contribution in [3.63, 3.8) is 0 Å². The van der Waals surface area contributed by atoms with Crippen LogP contribution in [0, 0.1) is 0 Å². The van der Waals surface area contributed by atoms with Crippen molar-refractivity contribution >= 4 is 31.9 Å². The van der Waals surface area contributed by atoms with Crippen LogP contribution in [0.1, 0.15) is 64.4 Å². The smallest absolute Gasteiger partial charge is 0.303 e. The molecule has 0 heterocycles. The minimum Gasteiger partial charge on any atom is -0.481 e. The van der Waals surface area contributed by atoms with Crippen molar-refractivity contribution in [3.8, 4) is 0 Å². The molecule has 30 heavy (non-hydrogen) atoms. The fourth-order valence-electron chi connectivity index (χ4n) is 3.29. The molecular formula is C19H31NO8S2. The fourth-order valence-corrected chi connectivity index (χ4v) is 4.30. The second-order valence-electron chi connectivity index (χ2n) is 7.62. The van der Waals surface area contributed by atoms with Crippen LogP contribution in [0.5, 0.6) is 0 Å². The average Bonchev–Trinajstić information content (AvgIpc) is 2.63. The van der Waals surface area contributed by atoms with Crippen molar-refractivity contribution in [1.29, 1.82) is 0 Å². The number of hydrogen-bond acceptors (Lipinski definition) is 6. The van der Waals surface area contributed by atoms with E-state index in [0.29, 0.717) is 30.5 Å². The molecule has 0 spiro atoms. The Hall–Kier alpha value is -1.69. The molecular weight excluding hydrogens is 434 g/mol. The third-order valence-electron chi connectivity index (χ3n) is 5.23. The van der Waals surface area contributed by atoms with E-state index in [1.165, 1.54) is 18.2 Å². The first kappa shape index (κ1) is 26.3.